The molecule has 0 bridgehead atoms. The molecule has 0 amide bonds. The van der Waals surface area contributed by atoms with E-state index in [1.54, 1.807) is 12.3 Å². The molecule has 0 aliphatic heterocycles. The summed E-state index contributed by atoms with van der Waals surface area (Å²) < 4.78 is 12.8. The molecule has 0 saturated carbocycles. The molecule has 5 heteroatoms. The molecule has 0 N–H and O–H groups in total. The van der Waals surface area contributed by atoms with Crippen LogP contribution in [-0.4, -0.2) is 16.4 Å². The predicted molar refractivity (Wildman–Crippen MR) is 91.7 cm³/mol. The van der Waals surface area contributed by atoms with Crippen LogP contribution >= 0.6 is 0 Å². The lowest BCUT2D eigenvalue weighted by molar-refractivity contribution is 0.287. The van der Waals surface area contributed by atoms with Crippen LogP contribution in [0.3, 0.4) is 0 Å². The molecule has 122 valence electrons. The van der Waals surface area contributed by atoms with Crippen LogP contribution < -0.4 is 15.0 Å². The minimum atomic E-state index is -0.120. The van der Waals surface area contributed by atoms with Gasteiger partial charge in [0.1, 0.15) is 23.9 Å². The molecule has 2 aromatic carbocycles. The molecule has 24 heavy (non-hydrogen) atoms. The second-order valence-corrected chi connectivity index (χ2v) is 5.33. The number of para-hydroxylation sites is 1. The normalized spacial score (nSPS) is 10.4. The Morgan fingerprint density at radius 3 is 2.33 bits per heavy atom. The van der Waals surface area contributed by atoms with E-state index in [0.717, 1.165) is 22.8 Å². The van der Waals surface area contributed by atoms with E-state index < -0.39 is 0 Å². The van der Waals surface area contributed by atoms with Gasteiger partial charge in [-0.25, -0.2) is 4.68 Å². The summed E-state index contributed by atoms with van der Waals surface area (Å²) in [6.45, 7) is 2.62. The molecule has 0 aliphatic rings. The summed E-state index contributed by atoms with van der Waals surface area (Å²) in [4.78, 5) is 11.7. The van der Waals surface area contributed by atoms with E-state index in [2.05, 4.69) is 5.10 Å². The van der Waals surface area contributed by atoms with Gasteiger partial charge in [0.05, 0.1) is 12.7 Å². The fourth-order valence-electron chi connectivity index (χ4n) is 2.17. The Hall–Kier alpha value is -3.08. The van der Waals surface area contributed by atoms with Crippen molar-refractivity contribution in [2.24, 2.45) is 0 Å². The van der Waals surface area contributed by atoms with Crippen molar-refractivity contribution >= 4 is 0 Å². The standard InChI is InChI=1S/C19H18N2O3/c1-15-13-19(22)21(20-14-15)11-12-23-16-7-9-18(10-8-16)24-17-5-3-2-4-6-17/h2-10,13-14H,11-12H2,1H3. The number of hydrogen-bond donors (Lipinski definition) is 0. The molecule has 0 unspecified atom stereocenters. The number of nitrogens with zero attached hydrogens (tertiary/aromatic N) is 2. The minimum Gasteiger partial charge on any atom is -0.492 e. The van der Waals surface area contributed by atoms with Crippen LogP contribution in [0.15, 0.2) is 71.7 Å². The van der Waals surface area contributed by atoms with E-state index in [1.165, 1.54) is 4.68 Å². The second-order valence-electron chi connectivity index (χ2n) is 5.33. The summed E-state index contributed by atoms with van der Waals surface area (Å²) in [5.74, 6) is 2.25. The Labute approximate surface area is 140 Å². The van der Waals surface area contributed by atoms with Gasteiger partial charge in [0.25, 0.3) is 5.56 Å². The number of benzene rings is 2. The average molecular weight is 322 g/mol. The third kappa shape index (κ3) is 4.23. The van der Waals surface area contributed by atoms with Crippen LogP contribution in [0.4, 0.5) is 0 Å². The number of rotatable bonds is 6. The fraction of sp³-hybridized carbons (Fsp3) is 0.158. The van der Waals surface area contributed by atoms with Gasteiger partial charge in [0, 0.05) is 6.07 Å². The monoisotopic (exact) mass is 322 g/mol. The first-order valence-electron chi connectivity index (χ1n) is 7.70. The van der Waals surface area contributed by atoms with Crippen molar-refractivity contribution in [3.8, 4) is 17.2 Å². The Morgan fingerprint density at radius 1 is 0.958 bits per heavy atom. The summed E-state index contributed by atoms with van der Waals surface area (Å²) in [5, 5.41) is 4.07. The first-order valence-corrected chi connectivity index (χ1v) is 7.70. The summed E-state index contributed by atoms with van der Waals surface area (Å²) in [7, 11) is 0. The van der Waals surface area contributed by atoms with Crippen LogP contribution in [0.1, 0.15) is 5.56 Å². The molecule has 0 aliphatic carbocycles. The zero-order valence-corrected chi connectivity index (χ0v) is 13.4. The van der Waals surface area contributed by atoms with E-state index in [4.69, 9.17) is 9.47 Å². The lowest BCUT2D eigenvalue weighted by Crippen LogP contribution is -2.25. The van der Waals surface area contributed by atoms with Crippen molar-refractivity contribution in [2.75, 3.05) is 6.61 Å². The van der Waals surface area contributed by atoms with Crippen LogP contribution in [0, 0.1) is 6.92 Å². The Kier molecular flexibility index (Phi) is 4.91. The molecule has 0 spiro atoms. The van der Waals surface area contributed by atoms with Gasteiger partial charge in [0.15, 0.2) is 0 Å². The highest BCUT2D eigenvalue weighted by Gasteiger charge is 2.00. The van der Waals surface area contributed by atoms with Gasteiger partial charge in [-0.15, -0.1) is 0 Å². The predicted octanol–water partition coefficient (Wildman–Crippen LogP) is 3.42. The Balaban J connectivity index is 1.53. The van der Waals surface area contributed by atoms with Crippen LogP contribution in [0.2, 0.25) is 0 Å². The van der Waals surface area contributed by atoms with Crippen LogP contribution in [0.25, 0.3) is 0 Å². The summed E-state index contributed by atoms with van der Waals surface area (Å²) >= 11 is 0. The van der Waals surface area contributed by atoms with E-state index in [0.29, 0.717) is 13.2 Å². The topological polar surface area (TPSA) is 53.4 Å². The second kappa shape index (κ2) is 7.46. The Morgan fingerprint density at radius 2 is 1.62 bits per heavy atom. The lowest BCUT2D eigenvalue weighted by atomic mass is 10.3. The van der Waals surface area contributed by atoms with Crippen molar-refractivity contribution in [1.29, 1.82) is 0 Å². The molecule has 0 radical (unpaired) electrons. The molecule has 1 aromatic heterocycles. The SMILES string of the molecule is Cc1cnn(CCOc2ccc(Oc3ccccc3)cc2)c(=O)c1. The highest BCUT2D eigenvalue weighted by atomic mass is 16.5. The van der Waals surface area contributed by atoms with Gasteiger partial charge in [0.2, 0.25) is 0 Å². The zero-order valence-electron chi connectivity index (χ0n) is 13.4. The third-order valence-corrected chi connectivity index (χ3v) is 3.38. The smallest absolute Gasteiger partial charge is 0.267 e. The third-order valence-electron chi connectivity index (χ3n) is 3.38. The number of hydrogen-bond acceptors (Lipinski definition) is 4. The maximum atomic E-state index is 11.7. The highest BCUT2D eigenvalue weighted by molar-refractivity contribution is 5.35. The van der Waals surface area contributed by atoms with Gasteiger partial charge < -0.3 is 9.47 Å². The van der Waals surface area contributed by atoms with Gasteiger partial charge in [-0.3, -0.25) is 4.79 Å². The molecular formula is C19H18N2O3. The van der Waals surface area contributed by atoms with Gasteiger partial charge >= 0.3 is 0 Å². The van der Waals surface area contributed by atoms with E-state index in [-0.39, 0.29) is 5.56 Å². The largest absolute Gasteiger partial charge is 0.492 e. The van der Waals surface area contributed by atoms with Crippen LogP contribution in [-0.2, 0) is 6.54 Å². The Bertz CT molecular complexity index is 842. The number of aromatic nitrogens is 2. The molecule has 1 heterocycles. The molecule has 0 atom stereocenters. The quantitative estimate of drug-likeness (QED) is 0.698. The average Bonchev–Trinajstić information content (AvgIpc) is 2.59. The summed E-state index contributed by atoms with van der Waals surface area (Å²) in [5.41, 5.74) is 0.733. The maximum absolute atomic E-state index is 11.7. The molecular weight excluding hydrogens is 304 g/mol. The van der Waals surface area contributed by atoms with E-state index in [9.17, 15) is 4.79 Å². The summed E-state index contributed by atoms with van der Waals surface area (Å²) in [6, 6.07) is 18.5. The van der Waals surface area contributed by atoms with Crippen molar-refractivity contribution in [3.63, 3.8) is 0 Å². The first kappa shape index (κ1) is 15.8. The maximum Gasteiger partial charge on any atom is 0.267 e. The summed E-state index contributed by atoms with van der Waals surface area (Å²) in [6.07, 6.45) is 1.66. The van der Waals surface area contributed by atoms with E-state index in [1.807, 2.05) is 61.5 Å². The first-order chi connectivity index (χ1) is 11.7. The fourth-order valence-corrected chi connectivity index (χ4v) is 2.17. The number of ether oxygens (including phenoxy) is 2. The molecule has 0 fully saturated rings. The molecule has 3 rings (SSSR count). The number of aryl methyl sites for hydroxylation is 1. The lowest BCUT2D eigenvalue weighted by Gasteiger charge is -2.09. The van der Waals surface area contributed by atoms with E-state index >= 15 is 0 Å². The van der Waals surface area contributed by atoms with Crippen molar-refractivity contribution in [3.05, 3.63) is 82.8 Å². The van der Waals surface area contributed by atoms with Gasteiger partial charge in [-0.1, -0.05) is 18.2 Å². The van der Waals surface area contributed by atoms with Crippen molar-refractivity contribution in [1.82, 2.24) is 9.78 Å². The zero-order chi connectivity index (χ0) is 16.8. The molecule has 5 nitrogen and oxygen atoms in total. The van der Waals surface area contributed by atoms with Crippen LogP contribution in [0.5, 0.6) is 17.2 Å². The highest BCUT2D eigenvalue weighted by Crippen LogP contribution is 2.23. The van der Waals surface area contributed by atoms with Gasteiger partial charge in [-0.2, -0.15) is 5.10 Å². The molecule has 0 saturated heterocycles. The van der Waals surface area contributed by atoms with Gasteiger partial charge in [-0.05, 0) is 48.9 Å². The minimum absolute atomic E-state index is 0.120. The van der Waals surface area contributed by atoms with Crippen molar-refractivity contribution < 1.29 is 9.47 Å². The van der Waals surface area contributed by atoms with Crippen molar-refractivity contribution in [2.45, 2.75) is 13.5 Å². The molecule has 3 aromatic rings.